The highest BCUT2D eigenvalue weighted by Crippen LogP contribution is 2.14. The van der Waals surface area contributed by atoms with Gasteiger partial charge in [-0.15, -0.1) is 0 Å². The monoisotopic (exact) mass is 384 g/mol. The van der Waals surface area contributed by atoms with E-state index in [1.165, 1.54) is 13.4 Å². The molecule has 0 bridgehead atoms. The maximum Gasteiger partial charge on any atom is 0.352 e. The Morgan fingerprint density at radius 3 is 2.75 bits per heavy atom. The van der Waals surface area contributed by atoms with Crippen molar-refractivity contribution in [1.29, 1.82) is 0 Å². The number of aromatic nitrogens is 3. The third-order valence-electron chi connectivity index (χ3n) is 4.02. The summed E-state index contributed by atoms with van der Waals surface area (Å²) in [5.41, 5.74) is -1.35. The zero-order chi connectivity index (χ0) is 20.1. The first-order valence-electron chi connectivity index (χ1n) is 8.74. The van der Waals surface area contributed by atoms with Gasteiger partial charge in [-0.25, -0.2) is 4.79 Å². The number of ether oxygens (including phenoxy) is 1. The first-order chi connectivity index (χ1) is 13.5. The summed E-state index contributed by atoms with van der Waals surface area (Å²) in [4.78, 5) is 38.0. The molecule has 9 nitrogen and oxygen atoms in total. The summed E-state index contributed by atoms with van der Waals surface area (Å²) < 4.78 is 12.4. The maximum atomic E-state index is 12.8. The highest BCUT2D eigenvalue weighted by molar-refractivity contribution is 5.91. The lowest BCUT2D eigenvalue weighted by Gasteiger charge is -2.12. The van der Waals surface area contributed by atoms with E-state index in [1.807, 2.05) is 6.92 Å². The van der Waals surface area contributed by atoms with Crippen LogP contribution in [0, 0.1) is 0 Å². The van der Waals surface area contributed by atoms with Gasteiger partial charge in [0.15, 0.2) is 0 Å². The van der Waals surface area contributed by atoms with E-state index in [1.54, 1.807) is 36.4 Å². The lowest BCUT2D eigenvalue weighted by atomic mass is 10.3. The molecule has 3 rings (SSSR count). The minimum Gasteiger partial charge on any atom is -0.497 e. The van der Waals surface area contributed by atoms with Crippen molar-refractivity contribution in [3.63, 3.8) is 0 Å². The van der Waals surface area contributed by atoms with Gasteiger partial charge in [0, 0.05) is 12.6 Å². The molecule has 0 aliphatic heterocycles. The third kappa shape index (κ3) is 3.88. The van der Waals surface area contributed by atoms with Crippen LogP contribution in [-0.4, -0.2) is 27.4 Å². The number of hydrogen-bond donors (Lipinski definition) is 1. The van der Waals surface area contributed by atoms with Crippen molar-refractivity contribution >= 4 is 5.91 Å². The Labute approximate surface area is 160 Å². The molecule has 0 aliphatic rings. The normalized spacial score (nSPS) is 10.6. The molecule has 1 amide bonds. The van der Waals surface area contributed by atoms with Crippen molar-refractivity contribution in [3.8, 4) is 11.4 Å². The van der Waals surface area contributed by atoms with E-state index in [0.717, 1.165) is 9.25 Å². The van der Waals surface area contributed by atoms with Gasteiger partial charge >= 0.3 is 5.69 Å². The van der Waals surface area contributed by atoms with Crippen LogP contribution >= 0.6 is 0 Å². The molecule has 0 saturated heterocycles. The predicted molar refractivity (Wildman–Crippen MR) is 101 cm³/mol. The van der Waals surface area contributed by atoms with Crippen LogP contribution in [0.25, 0.3) is 5.69 Å². The van der Waals surface area contributed by atoms with Gasteiger partial charge in [0.05, 0.1) is 25.6 Å². The fourth-order valence-corrected chi connectivity index (χ4v) is 2.65. The van der Waals surface area contributed by atoms with E-state index in [4.69, 9.17) is 9.15 Å². The van der Waals surface area contributed by atoms with Gasteiger partial charge in [0.25, 0.3) is 11.5 Å². The average Bonchev–Trinajstić information content (AvgIpc) is 3.23. The Bertz CT molecular complexity index is 1080. The van der Waals surface area contributed by atoms with Crippen LogP contribution in [0.3, 0.4) is 0 Å². The van der Waals surface area contributed by atoms with Gasteiger partial charge < -0.3 is 14.5 Å². The number of furan rings is 1. The molecule has 0 saturated carbocycles. The van der Waals surface area contributed by atoms with Crippen LogP contribution < -0.4 is 21.3 Å². The summed E-state index contributed by atoms with van der Waals surface area (Å²) in [6.45, 7) is 2.10. The van der Waals surface area contributed by atoms with Crippen LogP contribution in [0.2, 0.25) is 0 Å². The standard InChI is InChI=1S/C19H20N4O5/c1-3-9-22-18(25)16(17(24)20-12-15-8-5-10-28-15)21-23(19(22)26)13-6-4-7-14(11-13)27-2/h4-8,10-11H,3,9,12H2,1-2H3,(H,20,24). The van der Waals surface area contributed by atoms with E-state index < -0.39 is 17.2 Å². The summed E-state index contributed by atoms with van der Waals surface area (Å²) in [5, 5.41) is 6.62. The van der Waals surface area contributed by atoms with Crippen LogP contribution in [0.4, 0.5) is 0 Å². The van der Waals surface area contributed by atoms with Crippen molar-refractivity contribution in [2.45, 2.75) is 26.4 Å². The van der Waals surface area contributed by atoms with Crippen LogP contribution in [0.5, 0.6) is 5.75 Å². The molecule has 2 aromatic heterocycles. The topological polar surface area (TPSA) is 108 Å². The molecule has 146 valence electrons. The third-order valence-corrected chi connectivity index (χ3v) is 4.02. The van der Waals surface area contributed by atoms with E-state index in [9.17, 15) is 14.4 Å². The van der Waals surface area contributed by atoms with Crippen LogP contribution in [-0.2, 0) is 13.1 Å². The summed E-state index contributed by atoms with van der Waals surface area (Å²) in [5.74, 6) is 0.356. The van der Waals surface area contributed by atoms with Gasteiger partial charge in [-0.1, -0.05) is 13.0 Å². The largest absolute Gasteiger partial charge is 0.497 e. The molecule has 3 aromatic rings. The van der Waals surface area contributed by atoms with E-state index in [0.29, 0.717) is 23.6 Å². The molecule has 2 heterocycles. The number of nitrogens with one attached hydrogen (secondary N) is 1. The molecule has 0 atom stereocenters. The molecule has 9 heteroatoms. The highest BCUT2D eigenvalue weighted by Gasteiger charge is 2.20. The van der Waals surface area contributed by atoms with Crippen molar-refractivity contribution < 1.29 is 13.9 Å². The van der Waals surface area contributed by atoms with Gasteiger partial charge in [0.1, 0.15) is 11.5 Å². The number of carbonyl (C=O) groups is 1. The van der Waals surface area contributed by atoms with E-state index in [-0.39, 0.29) is 18.8 Å². The SMILES string of the molecule is CCCn1c(=O)c(C(=O)NCc2ccco2)nn(-c2cccc(OC)c2)c1=O. The fourth-order valence-electron chi connectivity index (χ4n) is 2.65. The number of benzene rings is 1. The molecule has 0 unspecified atom stereocenters. The average molecular weight is 384 g/mol. The quantitative estimate of drug-likeness (QED) is 0.658. The minimum absolute atomic E-state index is 0.0962. The molecular formula is C19H20N4O5. The molecule has 28 heavy (non-hydrogen) atoms. The van der Waals surface area contributed by atoms with Crippen molar-refractivity contribution in [2.24, 2.45) is 0 Å². The predicted octanol–water partition coefficient (Wildman–Crippen LogP) is 1.34. The number of amides is 1. The van der Waals surface area contributed by atoms with Crippen molar-refractivity contribution in [1.82, 2.24) is 19.7 Å². The first kappa shape index (κ1) is 19.2. The van der Waals surface area contributed by atoms with E-state index in [2.05, 4.69) is 10.4 Å². The Hall–Kier alpha value is -3.62. The van der Waals surface area contributed by atoms with Crippen LogP contribution in [0.1, 0.15) is 29.6 Å². The lowest BCUT2D eigenvalue weighted by molar-refractivity contribution is 0.0938. The molecule has 0 spiro atoms. The highest BCUT2D eigenvalue weighted by atomic mass is 16.5. The molecule has 0 fully saturated rings. The second-order valence-corrected chi connectivity index (χ2v) is 5.96. The second-order valence-electron chi connectivity index (χ2n) is 5.96. The molecule has 1 aromatic carbocycles. The van der Waals surface area contributed by atoms with Crippen molar-refractivity contribution in [3.05, 3.63) is 75.0 Å². The van der Waals surface area contributed by atoms with Gasteiger partial charge in [-0.2, -0.15) is 9.78 Å². The van der Waals surface area contributed by atoms with Gasteiger partial charge in [-0.05, 0) is 30.7 Å². The molecule has 0 radical (unpaired) electrons. The van der Waals surface area contributed by atoms with Gasteiger partial charge in [-0.3, -0.25) is 14.2 Å². The summed E-state index contributed by atoms with van der Waals surface area (Å²) in [6.07, 6.45) is 2.03. The number of carbonyl (C=O) groups excluding carboxylic acids is 1. The summed E-state index contributed by atoms with van der Waals surface area (Å²) in [7, 11) is 1.50. The Morgan fingerprint density at radius 2 is 2.07 bits per heavy atom. The van der Waals surface area contributed by atoms with Crippen molar-refractivity contribution in [2.75, 3.05) is 7.11 Å². The molecular weight excluding hydrogens is 364 g/mol. The summed E-state index contributed by atoms with van der Waals surface area (Å²) >= 11 is 0. The Balaban J connectivity index is 2.06. The zero-order valence-corrected chi connectivity index (χ0v) is 15.5. The number of hydrogen-bond acceptors (Lipinski definition) is 6. The minimum atomic E-state index is -0.733. The fraction of sp³-hybridized carbons (Fsp3) is 0.263. The Kier molecular flexibility index (Phi) is 5.73. The second kappa shape index (κ2) is 8.38. The Morgan fingerprint density at radius 1 is 1.25 bits per heavy atom. The number of methoxy groups -OCH3 is 1. The van der Waals surface area contributed by atoms with Crippen LogP contribution in [0.15, 0.2) is 56.7 Å². The van der Waals surface area contributed by atoms with E-state index >= 15 is 0 Å². The number of nitrogens with zero attached hydrogens (tertiary/aromatic N) is 3. The maximum absolute atomic E-state index is 12.8. The smallest absolute Gasteiger partial charge is 0.352 e. The zero-order valence-electron chi connectivity index (χ0n) is 15.5. The first-order valence-corrected chi connectivity index (χ1v) is 8.74. The van der Waals surface area contributed by atoms with Gasteiger partial charge in [0.2, 0.25) is 5.69 Å². The number of rotatable bonds is 7. The molecule has 0 aliphatic carbocycles. The molecule has 1 N–H and O–H groups in total. The summed E-state index contributed by atoms with van der Waals surface area (Å²) in [6, 6.07) is 10.0. The lowest BCUT2D eigenvalue weighted by Crippen LogP contribution is -2.45.